The number of halogens is 1. The summed E-state index contributed by atoms with van der Waals surface area (Å²) in [5.41, 5.74) is 1.58. The Labute approximate surface area is 222 Å². The van der Waals surface area contributed by atoms with Crippen molar-refractivity contribution in [1.29, 1.82) is 5.26 Å². The zero-order valence-corrected chi connectivity index (χ0v) is 21.9. The first-order valence-electron chi connectivity index (χ1n) is 11.0. The van der Waals surface area contributed by atoms with Gasteiger partial charge in [0.25, 0.3) is 0 Å². The fourth-order valence-corrected chi connectivity index (χ4v) is 4.09. The molecule has 10 heteroatoms. The molecule has 0 fully saturated rings. The molecule has 0 spiro atoms. The third-order valence-corrected chi connectivity index (χ3v) is 6.45. The Kier molecular flexibility index (Phi) is 11.8. The summed E-state index contributed by atoms with van der Waals surface area (Å²) in [6, 6.07) is 16.3. The smallest absolute Gasteiger partial charge is 0.303 e. The zero-order chi connectivity index (χ0) is 27.4. The van der Waals surface area contributed by atoms with Crippen molar-refractivity contribution in [3.05, 3.63) is 77.1 Å². The Bertz CT molecular complexity index is 1290. The summed E-state index contributed by atoms with van der Waals surface area (Å²) < 4.78 is 19.1. The molecule has 0 heterocycles. The predicted molar refractivity (Wildman–Crippen MR) is 141 cm³/mol. The van der Waals surface area contributed by atoms with E-state index in [-0.39, 0.29) is 29.9 Å². The van der Waals surface area contributed by atoms with E-state index in [9.17, 15) is 19.1 Å². The first-order valence-corrected chi connectivity index (χ1v) is 13.4. The molecule has 3 rings (SSSR count). The van der Waals surface area contributed by atoms with Gasteiger partial charge in [0.1, 0.15) is 23.1 Å². The van der Waals surface area contributed by atoms with Gasteiger partial charge in [-0.3, -0.25) is 9.59 Å². The van der Waals surface area contributed by atoms with Crippen molar-refractivity contribution >= 4 is 35.5 Å². The lowest BCUT2D eigenvalue weighted by Gasteiger charge is -2.12. The fourth-order valence-electron chi connectivity index (χ4n) is 3.16. The number of nitriles is 1. The maximum atomic E-state index is 13.5. The minimum Gasteiger partial charge on any atom is -0.508 e. The normalized spacial score (nSPS) is 10.1. The quantitative estimate of drug-likeness (QED) is 0.250. The summed E-state index contributed by atoms with van der Waals surface area (Å²) in [5.74, 6) is -1.48. The highest BCUT2D eigenvalue weighted by Gasteiger charge is 2.10. The SMILES string of the molecule is CSc1ccc(O)c(CCC(=O)O)c1.CSc1ccc(Oc2cc(F)cc(C#N)c2)c(CCC(=O)O)c1. The van der Waals surface area contributed by atoms with Crippen LogP contribution in [0.4, 0.5) is 4.39 Å². The Morgan fingerprint density at radius 2 is 1.46 bits per heavy atom. The Morgan fingerprint density at radius 3 is 2.03 bits per heavy atom. The number of hydrogen-bond acceptors (Lipinski definition) is 7. The topological polar surface area (TPSA) is 128 Å². The van der Waals surface area contributed by atoms with E-state index in [1.807, 2.05) is 42.8 Å². The molecule has 3 aromatic rings. The number of thioether (sulfide) groups is 2. The van der Waals surface area contributed by atoms with Crippen molar-refractivity contribution in [2.24, 2.45) is 0 Å². The van der Waals surface area contributed by atoms with Crippen LogP contribution in [0.25, 0.3) is 0 Å². The standard InChI is InChI=1S/C17H14FNO3S.C10H12O3S/c1-23-15-3-4-16(12(8-15)2-5-17(20)21)22-14-7-11(10-19)6-13(18)9-14;1-14-8-3-4-9(11)7(6-8)2-5-10(12)13/h3-4,6-9H,2,5H2,1H3,(H,20,21);3-4,6,11H,2,5H2,1H3,(H,12,13). The van der Waals surface area contributed by atoms with Crippen molar-refractivity contribution < 1.29 is 34.0 Å². The molecule has 0 radical (unpaired) electrons. The van der Waals surface area contributed by atoms with Gasteiger partial charge in [-0.1, -0.05) is 0 Å². The summed E-state index contributed by atoms with van der Waals surface area (Å²) in [5, 5.41) is 35.7. The molecule has 0 bridgehead atoms. The monoisotopic (exact) mass is 543 g/mol. The summed E-state index contributed by atoms with van der Waals surface area (Å²) in [4.78, 5) is 23.2. The number of rotatable bonds is 10. The number of aliphatic carboxylic acids is 2. The minimum absolute atomic E-state index is 0.0270. The maximum absolute atomic E-state index is 13.5. The molecule has 0 atom stereocenters. The summed E-state index contributed by atoms with van der Waals surface area (Å²) in [7, 11) is 0. The molecule has 3 N–H and O–H groups in total. The lowest BCUT2D eigenvalue weighted by molar-refractivity contribution is -0.138. The van der Waals surface area contributed by atoms with E-state index >= 15 is 0 Å². The average Bonchev–Trinajstić information content (AvgIpc) is 2.87. The van der Waals surface area contributed by atoms with Crippen LogP contribution in [0.5, 0.6) is 17.2 Å². The Morgan fingerprint density at radius 1 is 0.892 bits per heavy atom. The van der Waals surface area contributed by atoms with Crippen LogP contribution in [0.15, 0.2) is 64.4 Å². The van der Waals surface area contributed by atoms with Gasteiger partial charge < -0.3 is 20.1 Å². The van der Waals surface area contributed by atoms with Crippen LogP contribution in [0.1, 0.15) is 29.5 Å². The van der Waals surface area contributed by atoms with Gasteiger partial charge in [-0.2, -0.15) is 5.26 Å². The number of hydrogen-bond donors (Lipinski definition) is 3. The molecule has 0 saturated heterocycles. The number of carboxylic acids is 2. The summed E-state index contributed by atoms with van der Waals surface area (Å²) in [6.07, 6.45) is 4.55. The highest BCUT2D eigenvalue weighted by Crippen LogP contribution is 2.31. The average molecular weight is 544 g/mol. The van der Waals surface area contributed by atoms with Crippen LogP contribution in [0.3, 0.4) is 0 Å². The molecular formula is C27H26FNO6S2. The molecule has 0 amide bonds. The van der Waals surface area contributed by atoms with Crippen LogP contribution in [-0.4, -0.2) is 39.8 Å². The lowest BCUT2D eigenvalue weighted by Crippen LogP contribution is -2.00. The second kappa shape index (κ2) is 14.8. The van der Waals surface area contributed by atoms with Gasteiger partial charge in [0.05, 0.1) is 11.6 Å². The van der Waals surface area contributed by atoms with Gasteiger partial charge in [0.15, 0.2) is 0 Å². The first kappa shape index (κ1) is 29.5. The molecule has 0 unspecified atom stereocenters. The molecular weight excluding hydrogens is 517 g/mol. The Balaban J connectivity index is 0.000000294. The van der Waals surface area contributed by atoms with E-state index in [0.717, 1.165) is 21.4 Å². The maximum Gasteiger partial charge on any atom is 0.303 e. The van der Waals surface area contributed by atoms with Crippen LogP contribution in [0, 0.1) is 17.1 Å². The number of phenols is 1. The number of nitrogens with zero attached hydrogens (tertiary/aromatic N) is 1. The van der Waals surface area contributed by atoms with Crippen molar-refractivity contribution in [3.63, 3.8) is 0 Å². The lowest BCUT2D eigenvalue weighted by atomic mass is 10.1. The Hall–Kier alpha value is -3.68. The molecule has 37 heavy (non-hydrogen) atoms. The largest absolute Gasteiger partial charge is 0.508 e. The number of ether oxygens (including phenoxy) is 1. The van der Waals surface area contributed by atoms with Gasteiger partial charge in [-0.05, 0) is 85.0 Å². The number of aryl methyl sites for hydroxylation is 2. The second-order valence-electron chi connectivity index (χ2n) is 7.65. The first-order chi connectivity index (χ1) is 17.6. The number of carbonyl (C=O) groups is 2. The van der Waals surface area contributed by atoms with E-state index in [1.165, 1.54) is 23.9 Å². The van der Waals surface area contributed by atoms with Gasteiger partial charge in [-0.15, -0.1) is 23.5 Å². The van der Waals surface area contributed by atoms with Crippen LogP contribution in [0.2, 0.25) is 0 Å². The third-order valence-electron chi connectivity index (χ3n) is 5.00. The molecule has 0 saturated carbocycles. The molecule has 0 aliphatic carbocycles. The highest BCUT2D eigenvalue weighted by molar-refractivity contribution is 7.98. The van der Waals surface area contributed by atoms with Gasteiger partial charge in [0, 0.05) is 28.7 Å². The van der Waals surface area contributed by atoms with Crippen molar-refractivity contribution in [2.75, 3.05) is 12.5 Å². The minimum atomic E-state index is -0.900. The van der Waals surface area contributed by atoms with Crippen LogP contribution in [-0.2, 0) is 22.4 Å². The van der Waals surface area contributed by atoms with E-state index in [0.29, 0.717) is 24.2 Å². The van der Waals surface area contributed by atoms with E-state index < -0.39 is 17.8 Å². The van der Waals surface area contributed by atoms with Gasteiger partial charge in [0.2, 0.25) is 0 Å². The highest BCUT2D eigenvalue weighted by atomic mass is 32.2. The number of carboxylic acid groups (broad SMARTS) is 2. The predicted octanol–water partition coefficient (Wildman–Crippen LogP) is 6.36. The zero-order valence-electron chi connectivity index (χ0n) is 20.2. The fraction of sp³-hybridized carbons (Fsp3) is 0.222. The summed E-state index contributed by atoms with van der Waals surface area (Å²) in [6.45, 7) is 0. The van der Waals surface area contributed by atoms with Crippen molar-refractivity contribution in [2.45, 2.75) is 35.5 Å². The number of benzene rings is 3. The molecule has 3 aromatic carbocycles. The van der Waals surface area contributed by atoms with E-state index in [4.69, 9.17) is 20.2 Å². The molecule has 0 aromatic heterocycles. The molecule has 194 valence electrons. The van der Waals surface area contributed by atoms with E-state index in [2.05, 4.69) is 0 Å². The van der Waals surface area contributed by atoms with Gasteiger partial charge >= 0.3 is 11.9 Å². The van der Waals surface area contributed by atoms with Crippen LogP contribution >= 0.6 is 23.5 Å². The number of aromatic hydroxyl groups is 1. The summed E-state index contributed by atoms with van der Waals surface area (Å²) >= 11 is 3.10. The number of phenolic OH excluding ortho intramolecular Hbond substituents is 1. The third kappa shape index (κ3) is 10.1. The van der Waals surface area contributed by atoms with Crippen molar-refractivity contribution in [1.82, 2.24) is 0 Å². The molecule has 0 aliphatic rings. The van der Waals surface area contributed by atoms with Crippen LogP contribution < -0.4 is 4.74 Å². The van der Waals surface area contributed by atoms with Gasteiger partial charge in [-0.25, -0.2) is 4.39 Å². The molecule has 7 nitrogen and oxygen atoms in total. The van der Waals surface area contributed by atoms with Crippen molar-refractivity contribution in [3.8, 4) is 23.3 Å². The molecule has 0 aliphatic heterocycles. The van der Waals surface area contributed by atoms with E-state index in [1.54, 1.807) is 23.9 Å². The second-order valence-corrected chi connectivity index (χ2v) is 9.40.